The molecule has 4 rings (SSSR count). The predicted molar refractivity (Wildman–Crippen MR) is 179 cm³/mol. The Morgan fingerprint density at radius 3 is 1.58 bits per heavy atom. The van der Waals surface area contributed by atoms with Gasteiger partial charge in [-0.25, -0.2) is 9.59 Å². The summed E-state index contributed by atoms with van der Waals surface area (Å²) in [6.45, 7) is 5.15. The molecule has 0 aromatic heterocycles. The zero-order valence-corrected chi connectivity index (χ0v) is 29.1. The lowest BCUT2D eigenvalue weighted by Crippen LogP contribution is -2.15. The van der Waals surface area contributed by atoms with Crippen LogP contribution in [0, 0.1) is 30.3 Å². The van der Waals surface area contributed by atoms with Crippen LogP contribution < -0.4 is 9.47 Å². The van der Waals surface area contributed by atoms with Crippen molar-refractivity contribution in [3.8, 4) is 23.0 Å². The molecule has 0 aliphatic rings. The minimum Gasteiger partial charge on any atom is -0.477 e. The van der Waals surface area contributed by atoms with E-state index in [-0.39, 0.29) is 22.6 Å². The van der Waals surface area contributed by atoms with E-state index in [2.05, 4.69) is 0 Å². The van der Waals surface area contributed by atoms with Crippen molar-refractivity contribution in [1.82, 2.24) is 0 Å². The molecule has 0 amide bonds. The molecule has 2 N–H and O–H groups in total. The van der Waals surface area contributed by atoms with Crippen LogP contribution in [0.15, 0.2) is 60.7 Å². The first-order valence-electron chi connectivity index (χ1n) is 14.5. The van der Waals surface area contributed by atoms with E-state index in [1.54, 1.807) is 20.8 Å². The van der Waals surface area contributed by atoms with Gasteiger partial charge in [-0.1, -0.05) is 44.0 Å². The molecular weight excluding hydrogens is 803 g/mol. The number of nitro benzene ring substituents is 3. The Morgan fingerprint density at radius 2 is 1.13 bits per heavy atom. The highest BCUT2D eigenvalue weighted by Crippen LogP contribution is 2.44. The molecule has 0 bridgehead atoms. The summed E-state index contributed by atoms with van der Waals surface area (Å²) in [7, 11) is 0. The molecule has 0 unspecified atom stereocenters. The number of ether oxygens (including phenoxy) is 2. The number of hydrogen-bond acceptors (Lipinski definition) is 10. The molecule has 4 aromatic carbocycles. The Morgan fingerprint density at radius 1 is 0.618 bits per heavy atom. The number of carboxylic acids is 2. The van der Waals surface area contributed by atoms with Crippen molar-refractivity contribution in [2.75, 3.05) is 0 Å². The molecule has 0 heterocycles. The minimum absolute atomic E-state index is 0.0582. The number of alkyl halides is 6. The maximum Gasteiger partial charge on any atom is 0.416 e. The van der Waals surface area contributed by atoms with Gasteiger partial charge in [0, 0.05) is 35.9 Å². The summed E-state index contributed by atoms with van der Waals surface area (Å²) in [5.74, 6) is -4.62. The molecule has 55 heavy (non-hydrogen) atoms. The Hall–Kier alpha value is -6.22. The number of carboxylic acid groups (broad SMARTS) is 2. The van der Waals surface area contributed by atoms with E-state index in [1.807, 2.05) is 0 Å². The fourth-order valence-corrected chi connectivity index (χ4v) is 4.92. The quantitative estimate of drug-likeness (QED) is 0.0914. The van der Waals surface area contributed by atoms with Crippen molar-refractivity contribution in [2.24, 2.45) is 0 Å². The Bertz CT molecular complexity index is 2220. The SMILES string of the molecule is CC(C)(C)c1cc([N+](=O)[O-])c(C(=O)O)cc1Oc1ccc(C(F)(F)F)cc1Cl.O=C(O)c1cc(Oc2c(Cl)cc(C(F)(F)F)cc2[N+](=O)[O-])ccc1[N+](=O)[O-]. The van der Waals surface area contributed by atoms with Gasteiger partial charge in [0.1, 0.15) is 28.4 Å². The van der Waals surface area contributed by atoms with Crippen LogP contribution in [-0.2, 0) is 17.8 Å². The maximum absolute atomic E-state index is 12.8. The number of rotatable bonds is 9. The molecule has 0 fully saturated rings. The van der Waals surface area contributed by atoms with Crippen LogP contribution in [0.5, 0.6) is 23.0 Å². The zero-order chi connectivity index (χ0) is 42.0. The van der Waals surface area contributed by atoms with E-state index < -0.39 is 100 Å². The van der Waals surface area contributed by atoms with Gasteiger partial charge in [0.25, 0.3) is 11.4 Å². The van der Waals surface area contributed by atoms with E-state index in [4.69, 9.17) is 37.8 Å². The highest BCUT2D eigenvalue weighted by Gasteiger charge is 2.36. The lowest BCUT2D eigenvalue weighted by molar-refractivity contribution is -0.385. The number of benzene rings is 4. The number of aromatic carboxylic acids is 2. The van der Waals surface area contributed by atoms with Gasteiger partial charge in [-0.2, -0.15) is 26.3 Å². The first-order chi connectivity index (χ1) is 25.1. The molecule has 292 valence electrons. The summed E-state index contributed by atoms with van der Waals surface area (Å²) in [4.78, 5) is 52.7. The largest absolute Gasteiger partial charge is 0.477 e. The van der Waals surface area contributed by atoms with Crippen LogP contribution in [0.3, 0.4) is 0 Å². The standard InChI is InChI=1S/C18H15ClF3NO5.C14H6ClF3N2O7/c1-17(2,3)11-8-13(23(26)27)10(16(24)25)7-15(11)28-14-5-4-9(6-12(14)19)18(20,21)22;15-9-3-6(14(16,17)18)4-11(20(25)26)12(9)27-7-1-2-10(19(23)24)8(5-7)13(21)22/h4-8H,1-3H3,(H,24,25);1-5H,(H,21,22). The van der Waals surface area contributed by atoms with Crippen LogP contribution in [-0.4, -0.2) is 36.9 Å². The first-order valence-corrected chi connectivity index (χ1v) is 15.2. The van der Waals surface area contributed by atoms with Crippen LogP contribution in [0.25, 0.3) is 0 Å². The maximum atomic E-state index is 12.8. The highest BCUT2D eigenvalue weighted by atomic mass is 35.5. The smallest absolute Gasteiger partial charge is 0.416 e. The Balaban J connectivity index is 0.000000296. The highest BCUT2D eigenvalue weighted by molar-refractivity contribution is 6.32. The van der Waals surface area contributed by atoms with Gasteiger partial charge in [-0.3, -0.25) is 30.3 Å². The second-order valence-electron chi connectivity index (χ2n) is 11.8. The first kappa shape index (κ1) is 43.2. The summed E-state index contributed by atoms with van der Waals surface area (Å²) >= 11 is 11.6. The van der Waals surface area contributed by atoms with E-state index >= 15 is 0 Å². The van der Waals surface area contributed by atoms with Gasteiger partial charge < -0.3 is 19.7 Å². The molecule has 4 aromatic rings. The van der Waals surface area contributed by atoms with Crippen molar-refractivity contribution in [1.29, 1.82) is 0 Å². The van der Waals surface area contributed by atoms with E-state index in [0.29, 0.717) is 23.8 Å². The average molecular weight is 824 g/mol. The molecular formula is C32H21Cl2F6N3O12. The molecule has 0 saturated heterocycles. The van der Waals surface area contributed by atoms with E-state index in [9.17, 15) is 71.4 Å². The molecule has 0 spiro atoms. The van der Waals surface area contributed by atoms with Gasteiger partial charge in [-0.05, 0) is 35.7 Å². The Kier molecular flexibility index (Phi) is 12.6. The Labute approximate surface area is 312 Å². The van der Waals surface area contributed by atoms with Gasteiger partial charge >= 0.3 is 30.0 Å². The van der Waals surface area contributed by atoms with Gasteiger partial charge in [0.2, 0.25) is 5.75 Å². The number of hydrogen-bond donors (Lipinski definition) is 2. The molecule has 15 nitrogen and oxygen atoms in total. The van der Waals surface area contributed by atoms with Crippen molar-refractivity contribution < 1.29 is 70.4 Å². The molecule has 0 atom stereocenters. The summed E-state index contributed by atoms with van der Waals surface area (Å²) in [6.07, 6.45) is -9.50. The van der Waals surface area contributed by atoms with Crippen molar-refractivity contribution >= 4 is 52.2 Å². The van der Waals surface area contributed by atoms with Crippen LogP contribution in [0.1, 0.15) is 58.2 Å². The fourth-order valence-electron chi connectivity index (χ4n) is 4.45. The third-order valence-electron chi connectivity index (χ3n) is 6.98. The average Bonchev–Trinajstić information content (AvgIpc) is 3.04. The zero-order valence-electron chi connectivity index (χ0n) is 27.6. The predicted octanol–water partition coefficient (Wildman–Crippen LogP) is 10.7. The third-order valence-corrected chi connectivity index (χ3v) is 7.55. The second-order valence-corrected chi connectivity index (χ2v) is 12.6. The van der Waals surface area contributed by atoms with Crippen LogP contribution in [0.2, 0.25) is 10.0 Å². The topological polar surface area (TPSA) is 222 Å². The van der Waals surface area contributed by atoms with E-state index in [1.165, 1.54) is 0 Å². The van der Waals surface area contributed by atoms with Crippen molar-refractivity contribution in [3.05, 3.63) is 129 Å². The van der Waals surface area contributed by atoms with Crippen molar-refractivity contribution in [2.45, 2.75) is 38.5 Å². The van der Waals surface area contributed by atoms with Crippen LogP contribution in [0.4, 0.5) is 43.4 Å². The molecule has 0 saturated carbocycles. The molecule has 0 aliphatic heterocycles. The summed E-state index contributed by atoms with van der Waals surface area (Å²) in [6, 6.07) is 7.46. The van der Waals surface area contributed by atoms with Crippen LogP contribution >= 0.6 is 23.2 Å². The van der Waals surface area contributed by atoms with Gasteiger partial charge in [0.15, 0.2) is 0 Å². The fraction of sp³-hybridized carbons (Fsp3) is 0.188. The van der Waals surface area contributed by atoms with Gasteiger partial charge in [0.05, 0.1) is 35.9 Å². The van der Waals surface area contributed by atoms with Crippen molar-refractivity contribution in [3.63, 3.8) is 0 Å². The minimum atomic E-state index is -4.91. The second kappa shape index (κ2) is 16.0. The normalized spacial score (nSPS) is 11.5. The number of carbonyl (C=O) groups is 2. The lowest BCUT2D eigenvalue weighted by atomic mass is 9.85. The summed E-state index contributed by atoms with van der Waals surface area (Å²) in [5, 5.41) is 50.3. The molecule has 23 heteroatoms. The van der Waals surface area contributed by atoms with Gasteiger partial charge in [-0.15, -0.1) is 0 Å². The third kappa shape index (κ3) is 10.5. The summed E-state index contributed by atoms with van der Waals surface area (Å²) < 4.78 is 87.3. The lowest BCUT2D eigenvalue weighted by Gasteiger charge is -2.23. The monoisotopic (exact) mass is 823 g/mol. The molecule has 0 radical (unpaired) electrons. The number of nitrogens with zero attached hydrogens (tertiary/aromatic N) is 3. The summed E-state index contributed by atoms with van der Waals surface area (Å²) in [5.41, 5.74) is -6.69. The molecule has 0 aliphatic carbocycles. The van der Waals surface area contributed by atoms with E-state index in [0.717, 1.165) is 36.4 Å². The number of nitro groups is 3. The number of halogens is 8.